The number of nitrogens with one attached hydrogen (secondary N) is 1. The topological polar surface area (TPSA) is 95.9 Å². The van der Waals surface area contributed by atoms with Gasteiger partial charge in [0.05, 0.1) is 0 Å². The summed E-state index contributed by atoms with van der Waals surface area (Å²) in [6.07, 6.45) is -1.89. The van der Waals surface area contributed by atoms with Crippen molar-refractivity contribution in [3.8, 4) is 0 Å². The first kappa shape index (κ1) is 19.2. The fraction of sp³-hybridized carbons (Fsp3) is 0.786. The molecule has 0 aliphatic heterocycles. The SMILES string of the molecule is CC(C)C[C@H](OC(=O)NC(C(=O)N(C)C)C(C)C)C(=O)O. The normalized spacial score (nSPS) is 13.7. The van der Waals surface area contributed by atoms with Crippen molar-refractivity contribution in [2.75, 3.05) is 14.1 Å². The van der Waals surface area contributed by atoms with Crippen LogP contribution in [0.3, 0.4) is 0 Å². The highest BCUT2D eigenvalue weighted by Crippen LogP contribution is 2.10. The van der Waals surface area contributed by atoms with E-state index in [2.05, 4.69) is 5.32 Å². The number of hydrogen-bond donors (Lipinski definition) is 2. The zero-order chi connectivity index (χ0) is 16.7. The summed E-state index contributed by atoms with van der Waals surface area (Å²) in [5, 5.41) is 11.5. The summed E-state index contributed by atoms with van der Waals surface area (Å²) in [6, 6.07) is -0.749. The minimum atomic E-state index is -1.22. The van der Waals surface area contributed by atoms with E-state index < -0.39 is 24.2 Å². The number of likely N-dealkylation sites (N-methyl/N-ethyl adjacent to an activating group) is 1. The van der Waals surface area contributed by atoms with Crippen LogP contribution in [0, 0.1) is 11.8 Å². The summed E-state index contributed by atoms with van der Waals surface area (Å²) in [7, 11) is 3.17. The minimum absolute atomic E-state index is 0.0724. The van der Waals surface area contributed by atoms with Gasteiger partial charge in [-0.25, -0.2) is 9.59 Å². The predicted molar refractivity (Wildman–Crippen MR) is 77.8 cm³/mol. The number of amides is 2. The largest absolute Gasteiger partial charge is 0.479 e. The molecule has 0 saturated carbocycles. The molecule has 0 spiro atoms. The molecule has 0 radical (unpaired) electrons. The Hall–Kier alpha value is -1.79. The van der Waals surface area contributed by atoms with E-state index in [0.29, 0.717) is 0 Å². The van der Waals surface area contributed by atoms with Crippen LogP contribution in [0.15, 0.2) is 0 Å². The summed E-state index contributed by atoms with van der Waals surface area (Å²) in [5.41, 5.74) is 0. The molecular weight excluding hydrogens is 276 g/mol. The zero-order valence-corrected chi connectivity index (χ0v) is 13.5. The molecule has 122 valence electrons. The van der Waals surface area contributed by atoms with E-state index in [4.69, 9.17) is 9.84 Å². The monoisotopic (exact) mass is 302 g/mol. The van der Waals surface area contributed by atoms with Gasteiger partial charge in [0.25, 0.3) is 0 Å². The fourth-order valence-corrected chi connectivity index (χ4v) is 1.71. The van der Waals surface area contributed by atoms with Crippen LogP contribution in [0.25, 0.3) is 0 Å². The van der Waals surface area contributed by atoms with E-state index >= 15 is 0 Å². The molecule has 0 fully saturated rings. The molecule has 0 aromatic carbocycles. The second-order valence-corrected chi connectivity index (χ2v) is 5.96. The van der Waals surface area contributed by atoms with Crippen molar-refractivity contribution in [2.45, 2.75) is 46.3 Å². The molecule has 2 amide bonds. The number of hydrogen-bond acceptors (Lipinski definition) is 4. The average Bonchev–Trinajstić information content (AvgIpc) is 2.33. The van der Waals surface area contributed by atoms with Crippen molar-refractivity contribution in [1.29, 1.82) is 0 Å². The number of carbonyl (C=O) groups is 3. The lowest BCUT2D eigenvalue weighted by Crippen LogP contribution is -2.50. The molecule has 7 nitrogen and oxygen atoms in total. The molecule has 0 bridgehead atoms. The number of ether oxygens (including phenoxy) is 1. The van der Waals surface area contributed by atoms with Gasteiger partial charge in [0, 0.05) is 14.1 Å². The molecular formula is C14H26N2O5. The van der Waals surface area contributed by atoms with E-state index in [0.717, 1.165) is 0 Å². The number of aliphatic carboxylic acids is 1. The van der Waals surface area contributed by atoms with Gasteiger partial charge in [0.2, 0.25) is 12.0 Å². The summed E-state index contributed by atoms with van der Waals surface area (Å²) in [4.78, 5) is 36.2. The number of carboxylic acids is 1. The molecule has 1 unspecified atom stereocenters. The van der Waals surface area contributed by atoms with Crippen molar-refractivity contribution < 1.29 is 24.2 Å². The minimum Gasteiger partial charge on any atom is -0.479 e. The van der Waals surface area contributed by atoms with Crippen LogP contribution in [-0.2, 0) is 14.3 Å². The van der Waals surface area contributed by atoms with Crippen LogP contribution in [-0.4, -0.2) is 54.2 Å². The highest BCUT2D eigenvalue weighted by atomic mass is 16.6. The lowest BCUT2D eigenvalue weighted by Gasteiger charge is -2.25. The van der Waals surface area contributed by atoms with Crippen molar-refractivity contribution in [3.63, 3.8) is 0 Å². The van der Waals surface area contributed by atoms with Crippen molar-refractivity contribution in [1.82, 2.24) is 10.2 Å². The summed E-state index contributed by atoms with van der Waals surface area (Å²) in [5.74, 6) is -1.53. The Balaban J connectivity index is 4.76. The van der Waals surface area contributed by atoms with Crippen LogP contribution in [0.2, 0.25) is 0 Å². The van der Waals surface area contributed by atoms with Gasteiger partial charge in [0.1, 0.15) is 6.04 Å². The molecule has 0 aliphatic carbocycles. The second-order valence-electron chi connectivity index (χ2n) is 5.96. The zero-order valence-electron chi connectivity index (χ0n) is 13.5. The Morgan fingerprint density at radius 2 is 1.67 bits per heavy atom. The number of alkyl carbamates (subject to hydrolysis) is 1. The van der Waals surface area contributed by atoms with Crippen molar-refractivity contribution in [2.24, 2.45) is 11.8 Å². The summed E-state index contributed by atoms with van der Waals surface area (Å²) in [6.45, 7) is 7.25. The average molecular weight is 302 g/mol. The molecule has 2 atom stereocenters. The number of carboxylic acid groups (broad SMARTS) is 1. The Bertz CT molecular complexity index is 380. The molecule has 21 heavy (non-hydrogen) atoms. The van der Waals surface area contributed by atoms with Crippen molar-refractivity contribution >= 4 is 18.0 Å². The van der Waals surface area contributed by atoms with Gasteiger partial charge < -0.3 is 20.1 Å². The van der Waals surface area contributed by atoms with Gasteiger partial charge >= 0.3 is 12.1 Å². The highest BCUT2D eigenvalue weighted by Gasteiger charge is 2.29. The predicted octanol–water partition coefficient (Wildman–Crippen LogP) is 1.32. The van der Waals surface area contributed by atoms with Gasteiger partial charge in [-0.05, 0) is 18.3 Å². The van der Waals surface area contributed by atoms with Crippen molar-refractivity contribution in [3.05, 3.63) is 0 Å². The maximum absolute atomic E-state index is 12.0. The van der Waals surface area contributed by atoms with Crippen LogP contribution in [0.4, 0.5) is 4.79 Å². The van der Waals surface area contributed by atoms with E-state index in [1.54, 1.807) is 27.9 Å². The summed E-state index contributed by atoms with van der Waals surface area (Å²) < 4.78 is 4.91. The third-order valence-electron chi connectivity index (χ3n) is 2.86. The van der Waals surface area contributed by atoms with Crippen LogP contribution in [0.5, 0.6) is 0 Å². The fourth-order valence-electron chi connectivity index (χ4n) is 1.71. The first-order valence-corrected chi connectivity index (χ1v) is 6.97. The number of rotatable bonds is 7. The lowest BCUT2D eigenvalue weighted by molar-refractivity contribution is -0.147. The molecule has 2 N–H and O–H groups in total. The van der Waals surface area contributed by atoms with Crippen LogP contribution < -0.4 is 5.32 Å². The van der Waals surface area contributed by atoms with Crippen LogP contribution >= 0.6 is 0 Å². The molecule has 7 heteroatoms. The number of carbonyl (C=O) groups excluding carboxylic acids is 2. The first-order chi connectivity index (χ1) is 9.56. The molecule has 0 aromatic heterocycles. The number of nitrogens with zero attached hydrogens (tertiary/aromatic N) is 1. The Morgan fingerprint density at radius 1 is 1.14 bits per heavy atom. The lowest BCUT2D eigenvalue weighted by atomic mass is 10.0. The maximum Gasteiger partial charge on any atom is 0.408 e. The third-order valence-corrected chi connectivity index (χ3v) is 2.86. The van der Waals surface area contributed by atoms with E-state index in [-0.39, 0.29) is 24.2 Å². The van der Waals surface area contributed by atoms with Gasteiger partial charge in [0.15, 0.2) is 0 Å². The van der Waals surface area contributed by atoms with Gasteiger partial charge in [-0.15, -0.1) is 0 Å². The maximum atomic E-state index is 12.0. The quantitative estimate of drug-likeness (QED) is 0.739. The van der Waals surface area contributed by atoms with Gasteiger partial charge in [-0.2, -0.15) is 0 Å². The molecule has 0 aromatic rings. The molecule has 0 saturated heterocycles. The Morgan fingerprint density at radius 3 is 2.00 bits per heavy atom. The molecule has 0 heterocycles. The van der Waals surface area contributed by atoms with Crippen LogP contribution in [0.1, 0.15) is 34.1 Å². The summed E-state index contributed by atoms with van der Waals surface area (Å²) >= 11 is 0. The van der Waals surface area contributed by atoms with E-state index in [1.165, 1.54) is 4.90 Å². The van der Waals surface area contributed by atoms with Gasteiger partial charge in [-0.3, -0.25) is 4.79 Å². The van der Waals surface area contributed by atoms with E-state index in [9.17, 15) is 14.4 Å². The highest BCUT2D eigenvalue weighted by molar-refractivity contribution is 5.86. The standard InChI is InChI=1S/C14H26N2O5/c1-8(2)7-10(13(18)19)21-14(20)15-11(9(3)4)12(17)16(5)6/h8-11H,7H2,1-6H3,(H,15,20)(H,18,19)/t10-,11?/m0/s1. The molecule has 0 rings (SSSR count). The van der Waals surface area contributed by atoms with Gasteiger partial charge in [-0.1, -0.05) is 27.7 Å². The smallest absolute Gasteiger partial charge is 0.408 e. The Kier molecular flexibility index (Phi) is 7.76. The molecule has 0 aliphatic rings. The van der Waals surface area contributed by atoms with E-state index in [1.807, 2.05) is 13.8 Å². The third kappa shape index (κ3) is 6.97. The Labute approximate surface area is 125 Å². The first-order valence-electron chi connectivity index (χ1n) is 6.97. The second kappa shape index (κ2) is 8.49.